The smallest absolute Gasteiger partial charge is 0.0774 e. The van der Waals surface area contributed by atoms with Crippen LogP contribution in [0.4, 0.5) is 0 Å². The van der Waals surface area contributed by atoms with Gasteiger partial charge in [0.25, 0.3) is 0 Å². The summed E-state index contributed by atoms with van der Waals surface area (Å²) in [7, 11) is 0. The lowest BCUT2D eigenvalue weighted by Crippen LogP contribution is -2.26. The third-order valence-electron chi connectivity index (χ3n) is 2.54. The molecule has 2 nitrogen and oxygen atoms in total. The van der Waals surface area contributed by atoms with E-state index in [1.807, 2.05) is 0 Å². The third kappa shape index (κ3) is 2.10. The maximum atomic E-state index is 8.94. The largest absolute Gasteiger partial charge is 0.391 e. The molecule has 3 heteroatoms. The van der Waals surface area contributed by atoms with E-state index in [4.69, 9.17) is 5.11 Å². The van der Waals surface area contributed by atoms with Gasteiger partial charge in [-0.1, -0.05) is 6.42 Å². The lowest BCUT2D eigenvalue weighted by molar-refractivity contribution is 0.285. The van der Waals surface area contributed by atoms with Crippen molar-refractivity contribution in [2.24, 2.45) is 0 Å². The van der Waals surface area contributed by atoms with Crippen molar-refractivity contribution in [2.45, 2.75) is 31.9 Å². The van der Waals surface area contributed by atoms with E-state index in [0.717, 1.165) is 11.4 Å². The zero-order valence-corrected chi connectivity index (χ0v) is 8.44. The molecule has 0 radical (unpaired) electrons. The Morgan fingerprint density at radius 1 is 1.54 bits per heavy atom. The second-order valence-corrected chi connectivity index (χ2v) is 4.50. The molecular weight excluding hydrogens is 182 g/mol. The van der Waals surface area contributed by atoms with Gasteiger partial charge in [0, 0.05) is 10.9 Å². The first-order valence-electron chi connectivity index (χ1n) is 4.81. The highest BCUT2D eigenvalue weighted by Crippen LogP contribution is 2.26. The molecule has 13 heavy (non-hydrogen) atoms. The lowest BCUT2D eigenvalue weighted by atomic mass is 10.00. The number of thiophene rings is 1. The van der Waals surface area contributed by atoms with Crippen LogP contribution < -0.4 is 5.32 Å². The molecule has 1 unspecified atom stereocenters. The maximum Gasteiger partial charge on any atom is 0.0774 e. The summed E-state index contributed by atoms with van der Waals surface area (Å²) in [6.07, 6.45) is 3.86. The molecule has 0 spiro atoms. The molecule has 1 aliphatic heterocycles. The molecule has 1 fully saturated rings. The van der Waals surface area contributed by atoms with Crippen molar-refractivity contribution in [3.05, 3.63) is 21.9 Å². The van der Waals surface area contributed by atoms with Gasteiger partial charge in [-0.2, -0.15) is 0 Å². The van der Waals surface area contributed by atoms with Crippen molar-refractivity contribution in [1.29, 1.82) is 0 Å². The Morgan fingerprint density at radius 3 is 3.08 bits per heavy atom. The van der Waals surface area contributed by atoms with Crippen molar-refractivity contribution in [3.63, 3.8) is 0 Å². The van der Waals surface area contributed by atoms with Gasteiger partial charge in [0.2, 0.25) is 0 Å². The molecule has 1 atom stereocenters. The van der Waals surface area contributed by atoms with Crippen LogP contribution in [0.5, 0.6) is 0 Å². The van der Waals surface area contributed by atoms with E-state index in [1.54, 1.807) is 11.3 Å². The Bertz CT molecular complexity index is 266. The molecule has 2 heterocycles. The summed E-state index contributed by atoms with van der Waals surface area (Å²) in [6, 6.07) is 2.65. The van der Waals surface area contributed by atoms with Crippen LogP contribution in [0.2, 0.25) is 0 Å². The monoisotopic (exact) mass is 197 g/mol. The fourth-order valence-electron chi connectivity index (χ4n) is 1.80. The molecule has 0 amide bonds. The van der Waals surface area contributed by atoms with Gasteiger partial charge in [0.15, 0.2) is 0 Å². The summed E-state index contributed by atoms with van der Waals surface area (Å²) in [5.74, 6) is 0. The van der Waals surface area contributed by atoms with E-state index >= 15 is 0 Å². The van der Waals surface area contributed by atoms with Crippen molar-refractivity contribution in [2.75, 3.05) is 6.54 Å². The van der Waals surface area contributed by atoms with Gasteiger partial charge in [-0.15, -0.1) is 11.3 Å². The molecule has 2 N–H and O–H groups in total. The van der Waals surface area contributed by atoms with Crippen LogP contribution in [0.1, 0.15) is 35.7 Å². The third-order valence-corrected chi connectivity index (χ3v) is 3.48. The summed E-state index contributed by atoms with van der Waals surface area (Å²) < 4.78 is 0. The molecule has 0 bridgehead atoms. The standard InChI is InChI=1S/C10H15NOS/c12-6-9-5-8(7-13-9)10-3-1-2-4-11-10/h5,7,10-12H,1-4,6H2. The molecule has 72 valence electrons. The Hall–Kier alpha value is -0.380. The van der Waals surface area contributed by atoms with Gasteiger partial charge in [-0.05, 0) is 36.4 Å². The van der Waals surface area contributed by atoms with Crippen LogP contribution in [0.15, 0.2) is 11.4 Å². The van der Waals surface area contributed by atoms with Crippen LogP contribution in [-0.2, 0) is 6.61 Å². The second kappa shape index (κ2) is 4.22. The first-order chi connectivity index (χ1) is 6.40. The zero-order valence-electron chi connectivity index (χ0n) is 7.62. The average Bonchev–Trinajstić information content (AvgIpc) is 2.67. The van der Waals surface area contributed by atoms with Gasteiger partial charge in [0.1, 0.15) is 0 Å². The fourth-order valence-corrected chi connectivity index (χ4v) is 2.60. The maximum absolute atomic E-state index is 8.94. The Morgan fingerprint density at radius 2 is 2.46 bits per heavy atom. The van der Waals surface area contributed by atoms with Crippen LogP contribution in [0.3, 0.4) is 0 Å². The molecule has 0 saturated carbocycles. The minimum absolute atomic E-state index is 0.178. The predicted molar refractivity (Wildman–Crippen MR) is 54.8 cm³/mol. The van der Waals surface area contributed by atoms with Crippen molar-refractivity contribution in [1.82, 2.24) is 5.32 Å². The molecule has 1 aromatic rings. The number of aliphatic hydroxyl groups is 1. The van der Waals surface area contributed by atoms with Crippen molar-refractivity contribution in [3.8, 4) is 0 Å². The van der Waals surface area contributed by atoms with E-state index in [9.17, 15) is 0 Å². The first kappa shape index (κ1) is 9.19. The molecule has 1 saturated heterocycles. The van der Waals surface area contributed by atoms with E-state index in [-0.39, 0.29) is 6.61 Å². The van der Waals surface area contributed by atoms with Gasteiger partial charge < -0.3 is 10.4 Å². The normalized spacial score (nSPS) is 23.3. The summed E-state index contributed by atoms with van der Waals surface area (Å²) in [4.78, 5) is 1.07. The molecule has 1 aromatic heterocycles. The second-order valence-electron chi connectivity index (χ2n) is 3.51. The van der Waals surface area contributed by atoms with Gasteiger partial charge in [-0.25, -0.2) is 0 Å². The number of rotatable bonds is 2. The Labute approximate surface area is 82.6 Å². The van der Waals surface area contributed by atoms with Crippen molar-refractivity contribution >= 4 is 11.3 Å². The Balaban J connectivity index is 2.05. The minimum atomic E-state index is 0.178. The summed E-state index contributed by atoms with van der Waals surface area (Å²) in [6.45, 7) is 1.31. The molecule has 1 aliphatic rings. The highest BCUT2D eigenvalue weighted by atomic mass is 32.1. The molecule has 0 aliphatic carbocycles. The van der Waals surface area contributed by atoms with Gasteiger partial charge >= 0.3 is 0 Å². The fraction of sp³-hybridized carbons (Fsp3) is 0.600. The van der Waals surface area contributed by atoms with E-state index in [2.05, 4.69) is 16.8 Å². The number of piperidine rings is 1. The van der Waals surface area contributed by atoms with E-state index < -0.39 is 0 Å². The van der Waals surface area contributed by atoms with Gasteiger partial charge in [-0.3, -0.25) is 0 Å². The zero-order chi connectivity index (χ0) is 9.10. The van der Waals surface area contributed by atoms with Crippen LogP contribution in [0, 0.1) is 0 Å². The number of hydrogen-bond donors (Lipinski definition) is 2. The molecule has 2 rings (SSSR count). The summed E-state index contributed by atoms with van der Waals surface area (Å²) in [5.41, 5.74) is 1.36. The lowest BCUT2D eigenvalue weighted by Gasteiger charge is -2.22. The highest BCUT2D eigenvalue weighted by Gasteiger charge is 2.15. The number of aliphatic hydroxyl groups excluding tert-OH is 1. The minimum Gasteiger partial charge on any atom is -0.391 e. The molecular formula is C10H15NOS. The van der Waals surface area contributed by atoms with E-state index in [0.29, 0.717) is 6.04 Å². The predicted octanol–water partition coefficient (Wildman–Crippen LogP) is 2.05. The van der Waals surface area contributed by atoms with Crippen molar-refractivity contribution < 1.29 is 5.11 Å². The number of hydrogen-bond acceptors (Lipinski definition) is 3. The van der Waals surface area contributed by atoms with Gasteiger partial charge in [0.05, 0.1) is 6.61 Å². The first-order valence-corrected chi connectivity index (χ1v) is 5.69. The highest BCUT2D eigenvalue weighted by molar-refractivity contribution is 7.10. The topological polar surface area (TPSA) is 32.3 Å². The Kier molecular flexibility index (Phi) is 2.98. The quantitative estimate of drug-likeness (QED) is 0.760. The summed E-state index contributed by atoms with van der Waals surface area (Å²) >= 11 is 1.65. The summed E-state index contributed by atoms with van der Waals surface area (Å²) in [5, 5.41) is 14.6. The van der Waals surface area contributed by atoms with Crippen LogP contribution in [0.25, 0.3) is 0 Å². The average molecular weight is 197 g/mol. The number of nitrogens with one attached hydrogen (secondary N) is 1. The SMILES string of the molecule is OCc1cc(C2CCCCN2)cs1. The van der Waals surface area contributed by atoms with Crippen LogP contribution in [-0.4, -0.2) is 11.7 Å². The van der Waals surface area contributed by atoms with Crippen LogP contribution >= 0.6 is 11.3 Å². The molecule has 0 aromatic carbocycles. The van der Waals surface area contributed by atoms with E-state index in [1.165, 1.54) is 24.8 Å².